The molecule has 0 aliphatic heterocycles. The highest BCUT2D eigenvalue weighted by atomic mass is 19.4. The van der Waals surface area contributed by atoms with Gasteiger partial charge >= 0.3 is 6.18 Å². The van der Waals surface area contributed by atoms with Gasteiger partial charge in [-0.1, -0.05) is 0 Å². The molecule has 2 rings (SSSR count). The van der Waals surface area contributed by atoms with E-state index in [-0.39, 0.29) is 5.75 Å². The summed E-state index contributed by atoms with van der Waals surface area (Å²) in [5, 5.41) is 10.5. The van der Waals surface area contributed by atoms with Crippen molar-refractivity contribution >= 4 is 5.69 Å². The second-order valence-electron chi connectivity index (χ2n) is 4.19. The lowest BCUT2D eigenvalue weighted by Gasteiger charge is -2.10. The van der Waals surface area contributed by atoms with Crippen molar-refractivity contribution in [3.63, 3.8) is 0 Å². The molecule has 1 aromatic carbocycles. The minimum absolute atomic E-state index is 0.0137. The van der Waals surface area contributed by atoms with E-state index in [9.17, 15) is 23.3 Å². The third-order valence-electron chi connectivity index (χ3n) is 2.65. The summed E-state index contributed by atoms with van der Waals surface area (Å²) in [5.41, 5.74) is -2.23. The first kappa shape index (κ1) is 12.7. The topological polar surface area (TPSA) is 52.4 Å². The lowest BCUT2D eigenvalue weighted by molar-refractivity contribution is -0.388. The summed E-state index contributed by atoms with van der Waals surface area (Å²) in [7, 11) is 0. The van der Waals surface area contributed by atoms with E-state index in [2.05, 4.69) is 0 Å². The molecule has 1 saturated carbocycles. The Labute approximate surface area is 101 Å². The Morgan fingerprint density at radius 2 is 2.06 bits per heavy atom. The normalized spacial score (nSPS) is 15.5. The van der Waals surface area contributed by atoms with Crippen LogP contribution in [0.4, 0.5) is 18.9 Å². The second-order valence-corrected chi connectivity index (χ2v) is 4.19. The van der Waals surface area contributed by atoms with Crippen molar-refractivity contribution in [2.24, 2.45) is 5.92 Å². The van der Waals surface area contributed by atoms with Crippen LogP contribution in [0, 0.1) is 16.0 Å². The Morgan fingerprint density at radius 1 is 1.39 bits per heavy atom. The first-order valence-electron chi connectivity index (χ1n) is 5.36. The molecule has 1 fully saturated rings. The van der Waals surface area contributed by atoms with Crippen LogP contribution in [0.25, 0.3) is 0 Å². The van der Waals surface area contributed by atoms with Crippen LogP contribution < -0.4 is 4.74 Å². The zero-order chi connectivity index (χ0) is 13.3. The first-order chi connectivity index (χ1) is 8.38. The molecule has 0 unspecified atom stereocenters. The van der Waals surface area contributed by atoms with Crippen LogP contribution in [-0.4, -0.2) is 11.5 Å². The van der Waals surface area contributed by atoms with Crippen molar-refractivity contribution in [2.45, 2.75) is 19.0 Å². The Kier molecular flexibility index (Phi) is 3.14. The summed E-state index contributed by atoms with van der Waals surface area (Å²) in [6.45, 7) is 0.356. The third-order valence-corrected chi connectivity index (χ3v) is 2.65. The highest BCUT2D eigenvalue weighted by Gasteiger charge is 2.38. The molecule has 0 atom stereocenters. The predicted octanol–water partition coefficient (Wildman–Crippen LogP) is 3.40. The Bertz CT molecular complexity index is 469. The fourth-order valence-electron chi connectivity index (χ4n) is 1.49. The number of nitro groups is 1. The standard InChI is InChI=1S/C11H10F3NO3/c12-11(13,14)9-5-8(18-6-7-1-2-7)3-4-10(9)15(16)17/h3-5,7H,1-2,6H2. The highest BCUT2D eigenvalue weighted by molar-refractivity contribution is 5.46. The monoisotopic (exact) mass is 261 g/mol. The minimum Gasteiger partial charge on any atom is -0.493 e. The minimum atomic E-state index is -4.76. The Morgan fingerprint density at radius 3 is 2.56 bits per heavy atom. The number of rotatable bonds is 4. The number of hydrogen-bond acceptors (Lipinski definition) is 3. The quantitative estimate of drug-likeness (QED) is 0.616. The maximum atomic E-state index is 12.6. The largest absolute Gasteiger partial charge is 0.493 e. The molecule has 0 radical (unpaired) electrons. The molecule has 1 aliphatic carbocycles. The first-order valence-corrected chi connectivity index (χ1v) is 5.36. The van der Waals surface area contributed by atoms with Crippen LogP contribution in [0.5, 0.6) is 5.75 Å². The van der Waals surface area contributed by atoms with Crippen molar-refractivity contribution < 1.29 is 22.8 Å². The summed E-state index contributed by atoms with van der Waals surface area (Å²) in [6, 6.07) is 2.70. The van der Waals surface area contributed by atoms with Gasteiger partial charge in [-0.2, -0.15) is 13.2 Å². The van der Waals surface area contributed by atoms with Gasteiger partial charge in [0.2, 0.25) is 0 Å². The van der Waals surface area contributed by atoms with Crippen molar-refractivity contribution in [2.75, 3.05) is 6.61 Å². The zero-order valence-electron chi connectivity index (χ0n) is 9.24. The molecule has 4 nitrogen and oxygen atoms in total. The van der Waals surface area contributed by atoms with Crippen molar-refractivity contribution in [1.29, 1.82) is 0 Å². The summed E-state index contributed by atoms with van der Waals surface area (Å²) in [4.78, 5) is 9.47. The Balaban J connectivity index is 2.25. The average molecular weight is 261 g/mol. The number of alkyl halides is 3. The van der Waals surface area contributed by atoms with Gasteiger partial charge in [0.25, 0.3) is 5.69 Å². The number of hydrogen-bond donors (Lipinski definition) is 0. The van der Waals surface area contributed by atoms with Crippen molar-refractivity contribution in [1.82, 2.24) is 0 Å². The number of ether oxygens (including phenoxy) is 1. The van der Waals surface area contributed by atoms with Gasteiger partial charge in [-0.05, 0) is 30.9 Å². The van der Waals surface area contributed by atoms with Gasteiger partial charge in [0.15, 0.2) is 0 Å². The van der Waals surface area contributed by atoms with Crippen LogP contribution >= 0.6 is 0 Å². The van der Waals surface area contributed by atoms with Gasteiger partial charge in [-0.25, -0.2) is 0 Å². The second kappa shape index (κ2) is 4.47. The molecule has 98 valence electrons. The van der Waals surface area contributed by atoms with E-state index in [0.717, 1.165) is 18.9 Å². The lowest BCUT2D eigenvalue weighted by Crippen LogP contribution is -2.09. The molecule has 0 bridgehead atoms. The smallest absolute Gasteiger partial charge is 0.423 e. The van der Waals surface area contributed by atoms with Gasteiger partial charge in [-0.3, -0.25) is 10.1 Å². The molecule has 0 amide bonds. The van der Waals surface area contributed by atoms with Crippen LogP contribution in [0.15, 0.2) is 18.2 Å². The van der Waals surface area contributed by atoms with Crippen LogP contribution in [-0.2, 0) is 6.18 Å². The SMILES string of the molecule is O=[N+]([O-])c1ccc(OCC2CC2)cc1C(F)(F)F. The van der Waals surface area contributed by atoms with E-state index >= 15 is 0 Å². The van der Waals surface area contributed by atoms with Crippen LogP contribution in [0.2, 0.25) is 0 Å². The maximum Gasteiger partial charge on any atom is 0.423 e. The van der Waals surface area contributed by atoms with Gasteiger partial charge < -0.3 is 4.74 Å². The van der Waals surface area contributed by atoms with Gasteiger partial charge in [0.1, 0.15) is 11.3 Å². The summed E-state index contributed by atoms with van der Waals surface area (Å²) < 4.78 is 43.1. The molecule has 1 aliphatic rings. The van der Waals surface area contributed by atoms with Crippen LogP contribution in [0.1, 0.15) is 18.4 Å². The third kappa shape index (κ3) is 2.91. The van der Waals surface area contributed by atoms with E-state index in [1.54, 1.807) is 0 Å². The molecule has 1 aromatic rings. The number of nitrogens with zero attached hydrogens (tertiary/aromatic N) is 1. The van der Waals surface area contributed by atoms with E-state index in [0.29, 0.717) is 18.6 Å². The predicted molar refractivity (Wildman–Crippen MR) is 56.3 cm³/mol. The average Bonchev–Trinajstić information content (AvgIpc) is 3.08. The molecular weight excluding hydrogens is 251 g/mol. The molecule has 0 heterocycles. The van der Waals surface area contributed by atoms with Gasteiger partial charge in [0, 0.05) is 6.07 Å². The fourth-order valence-corrected chi connectivity index (χ4v) is 1.49. The number of nitro benzene ring substituents is 1. The molecule has 7 heteroatoms. The van der Waals surface area contributed by atoms with E-state index in [1.165, 1.54) is 6.07 Å². The van der Waals surface area contributed by atoms with Crippen LogP contribution in [0.3, 0.4) is 0 Å². The van der Waals surface area contributed by atoms with Crippen molar-refractivity contribution in [3.05, 3.63) is 33.9 Å². The molecule has 18 heavy (non-hydrogen) atoms. The van der Waals surface area contributed by atoms with E-state index < -0.39 is 22.4 Å². The lowest BCUT2D eigenvalue weighted by atomic mass is 10.1. The Hall–Kier alpha value is -1.79. The van der Waals surface area contributed by atoms with E-state index in [1.807, 2.05) is 0 Å². The van der Waals surface area contributed by atoms with E-state index in [4.69, 9.17) is 4.74 Å². The molecule has 0 spiro atoms. The maximum absolute atomic E-state index is 12.6. The molecule has 0 aromatic heterocycles. The molecular formula is C11H10F3NO3. The number of halogens is 3. The summed E-state index contributed by atoms with van der Waals surface area (Å²) in [5.74, 6) is 0.411. The van der Waals surface area contributed by atoms with Crippen molar-refractivity contribution in [3.8, 4) is 5.75 Å². The zero-order valence-corrected chi connectivity index (χ0v) is 9.24. The fraction of sp³-hybridized carbons (Fsp3) is 0.455. The molecule has 0 saturated heterocycles. The summed E-state index contributed by atoms with van der Waals surface area (Å²) in [6.07, 6.45) is -2.74. The highest BCUT2D eigenvalue weighted by Crippen LogP contribution is 2.38. The number of benzene rings is 1. The summed E-state index contributed by atoms with van der Waals surface area (Å²) >= 11 is 0. The molecule has 0 N–H and O–H groups in total. The van der Waals surface area contributed by atoms with Gasteiger partial charge in [-0.15, -0.1) is 0 Å². The van der Waals surface area contributed by atoms with Gasteiger partial charge in [0.05, 0.1) is 11.5 Å².